The number of amides is 1. The summed E-state index contributed by atoms with van der Waals surface area (Å²) < 4.78 is 4.93. The fourth-order valence-corrected chi connectivity index (χ4v) is 2.43. The number of nitrogens with one attached hydrogen (secondary N) is 1. The maximum absolute atomic E-state index is 12.2. The summed E-state index contributed by atoms with van der Waals surface area (Å²) in [4.78, 5) is 18.4. The van der Waals surface area contributed by atoms with Gasteiger partial charge in [0.25, 0.3) is 0 Å². The van der Waals surface area contributed by atoms with Gasteiger partial charge < -0.3 is 15.8 Å². The average Bonchev–Trinajstić information content (AvgIpc) is 2.51. The van der Waals surface area contributed by atoms with E-state index in [0.29, 0.717) is 49.1 Å². The summed E-state index contributed by atoms with van der Waals surface area (Å²) in [7, 11) is 1.60. The maximum Gasteiger partial charge on any atom is 0.250 e. The molecule has 0 radical (unpaired) electrons. The highest BCUT2D eigenvalue weighted by Gasteiger charge is 2.22. The summed E-state index contributed by atoms with van der Waals surface area (Å²) in [6.07, 6.45) is 2.44. The van der Waals surface area contributed by atoms with Crippen molar-refractivity contribution in [2.45, 2.75) is 13.0 Å². The van der Waals surface area contributed by atoms with E-state index >= 15 is 0 Å². The highest BCUT2D eigenvalue weighted by Crippen LogP contribution is 2.17. The van der Waals surface area contributed by atoms with Crippen LogP contribution < -0.4 is 11.1 Å². The Morgan fingerprint density at radius 1 is 1.55 bits per heavy atom. The third-order valence-electron chi connectivity index (χ3n) is 3.53. The number of halogens is 1. The zero-order valence-corrected chi connectivity index (χ0v) is 13.4. The highest BCUT2D eigenvalue weighted by atomic mass is 35.5. The van der Waals surface area contributed by atoms with Crippen molar-refractivity contribution in [2.24, 2.45) is 5.73 Å². The molecule has 0 atom stereocenters. The summed E-state index contributed by atoms with van der Waals surface area (Å²) >= 11 is 5.79. The van der Waals surface area contributed by atoms with E-state index in [1.165, 1.54) is 0 Å². The summed E-state index contributed by atoms with van der Waals surface area (Å²) in [6.45, 7) is 3.04. The first-order valence-electron chi connectivity index (χ1n) is 7.17. The van der Waals surface area contributed by atoms with Gasteiger partial charge in [-0.05, 0) is 11.6 Å². The van der Waals surface area contributed by atoms with Crippen molar-refractivity contribution in [3.8, 4) is 0 Å². The number of aromatic nitrogens is 1. The molecule has 0 spiro atoms. The van der Waals surface area contributed by atoms with Gasteiger partial charge >= 0.3 is 0 Å². The molecule has 0 saturated heterocycles. The lowest BCUT2D eigenvalue weighted by Gasteiger charge is -2.29. The Labute approximate surface area is 135 Å². The standard InChI is InChI=1S/C15H21ClN4O2/c1-22-7-5-18-15(21)12-10-20(6-4-13(12)17)9-11-2-3-14(16)19-8-11/h2-3,8H,4-7,9-10,17H2,1H3,(H,18,21). The molecule has 1 aliphatic heterocycles. The molecule has 0 bridgehead atoms. The first-order chi connectivity index (χ1) is 10.6. The Kier molecular flexibility index (Phi) is 6.18. The molecule has 2 rings (SSSR count). The topological polar surface area (TPSA) is 80.5 Å². The van der Waals surface area contributed by atoms with E-state index in [1.807, 2.05) is 6.07 Å². The van der Waals surface area contributed by atoms with Crippen LogP contribution in [0, 0.1) is 0 Å². The predicted octanol–water partition coefficient (Wildman–Crippen LogP) is 0.916. The molecule has 1 aliphatic rings. The van der Waals surface area contributed by atoms with E-state index in [-0.39, 0.29) is 5.91 Å². The molecule has 0 aromatic carbocycles. The van der Waals surface area contributed by atoms with Gasteiger partial charge in [-0.2, -0.15) is 0 Å². The van der Waals surface area contributed by atoms with Gasteiger partial charge in [0.1, 0.15) is 5.15 Å². The largest absolute Gasteiger partial charge is 0.402 e. The summed E-state index contributed by atoms with van der Waals surface area (Å²) in [5.41, 5.74) is 8.36. The number of pyridine rings is 1. The zero-order valence-electron chi connectivity index (χ0n) is 12.6. The molecule has 1 amide bonds. The van der Waals surface area contributed by atoms with E-state index in [1.54, 1.807) is 19.4 Å². The lowest BCUT2D eigenvalue weighted by molar-refractivity contribution is -0.118. The van der Waals surface area contributed by atoms with Crippen molar-refractivity contribution in [3.63, 3.8) is 0 Å². The monoisotopic (exact) mass is 324 g/mol. The van der Waals surface area contributed by atoms with Crippen LogP contribution in [0.4, 0.5) is 0 Å². The molecule has 1 aromatic rings. The second kappa shape index (κ2) is 8.12. The van der Waals surface area contributed by atoms with E-state index in [0.717, 1.165) is 12.1 Å². The fraction of sp³-hybridized carbons (Fsp3) is 0.467. The van der Waals surface area contributed by atoms with Crippen LogP contribution in [0.15, 0.2) is 29.6 Å². The third-order valence-corrected chi connectivity index (χ3v) is 3.75. The minimum absolute atomic E-state index is 0.117. The van der Waals surface area contributed by atoms with Crippen LogP contribution in [-0.2, 0) is 16.1 Å². The van der Waals surface area contributed by atoms with Gasteiger partial charge in [-0.1, -0.05) is 17.7 Å². The molecule has 7 heteroatoms. The SMILES string of the molecule is COCCNC(=O)C1=C(N)CCN(Cc2ccc(Cl)nc2)C1. The number of methoxy groups -OCH3 is 1. The van der Waals surface area contributed by atoms with E-state index in [2.05, 4.69) is 15.2 Å². The molecule has 2 heterocycles. The number of nitrogens with zero attached hydrogens (tertiary/aromatic N) is 2. The molecule has 0 fully saturated rings. The number of carbonyl (C=O) groups is 1. The summed E-state index contributed by atoms with van der Waals surface area (Å²) in [6, 6.07) is 3.71. The second-order valence-corrected chi connectivity index (χ2v) is 5.59. The zero-order chi connectivity index (χ0) is 15.9. The Morgan fingerprint density at radius 2 is 2.36 bits per heavy atom. The van der Waals surface area contributed by atoms with Gasteiger partial charge in [0.15, 0.2) is 0 Å². The Morgan fingerprint density at radius 3 is 3.05 bits per heavy atom. The van der Waals surface area contributed by atoms with Crippen LogP contribution in [0.1, 0.15) is 12.0 Å². The number of nitrogens with two attached hydrogens (primary N) is 1. The second-order valence-electron chi connectivity index (χ2n) is 5.20. The molecule has 1 aromatic heterocycles. The number of ether oxygens (including phenoxy) is 1. The molecule has 22 heavy (non-hydrogen) atoms. The Balaban J connectivity index is 1.94. The number of hydrogen-bond donors (Lipinski definition) is 2. The molecule has 3 N–H and O–H groups in total. The molecular weight excluding hydrogens is 304 g/mol. The van der Waals surface area contributed by atoms with Gasteiger partial charge in [-0.15, -0.1) is 0 Å². The van der Waals surface area contributed by atoms with Crippen molar-refractivity contribution >= 4 is 17.5 Å². The average molecular weight is 325 g/mol. The van der Waals surface area contributed by atoms with Crippen LogP contribution >= 0.6 is 11.6 Å². The van der Waals surface area contributed by atoms with Crippen molar-refractivity contribution in [1.82, 2.24) is 15.2 Å². The van der Waals surface area contributed by atoms with Gasteiger partial charge in [0.2, 0.25) is 5.91 Å². The van der Waals surface area contributed by atoms with E-state index < -0.39 is 0 Å². The molecule has 0 unspecified atom stereocenters. The lowest BCUT2D eigenvalue weighted by atomic mass is 10.0. The van der Waals surface area contributed by atoms with Crippen LogP contribution in [-0.4, -0.2) is 49.1 Å². The van der Waals surface area contributed by atoms with Crippen molar-refractivity contribution in [1.29, 1.82) is 0 Å². The fourth-order valence-electron chi connectivity index (χ4n) is 2.32. The van der Waals surface area contributed by atoms with E-state index in [4.69, 9.17) is 22.1 Å². The summed E-state index contributed by atoms with van der Waals surface area (Å²) in [5.74, 6) is -0.117. The predicted molar refractivity (Wildman–Crippen MR) is 85.2 cm³/mol. The van der Waals surface area contributed by atoms with Crippen LogP contribution in [0.3, 0.4) is 0 Å². The maximum atomic E-state index is 12.2. The smallest absolute Gasteiger partial charge is 0.250 e. The van der Waals surface area contributed by atoms with Gasteiger partial charge in [0, 0.05) is 57.2 Å². The first-order valence-corrected chi connectivity index (χ1v) is 7.55. The van der Waals surface area contributed by atoms with Gasteiger partial charge in [-0.25, -0.2) is 4.98 Å². The number of hydrogen-bond acceptors (Lipinski definition) is 5. The van der Waals surface area contributed by atoms with Crippen LogP contribution in [0.5, 0.6) is 0 Å². The number of rotatable bonds is 6. The third kappa shape index (κ3) is 4.69. The molecule has 6 nitrogen and oxygen atoms in total. The van der Waals surface area contributed by atoms with E-state index in [9.17, 15) is 4.79 Å². The molecule has 0 saturated carbocycles. The molecular formula is C15H21ClN4O2. The van der Waals surface area contributed by atoms with Crippen molar-refractivity contribution in [3.05, 3.63) is 40.3 Å². The minimum atomic E-state index is -0.117. The normalized spacial score (nSPS) is 15.9. The minimum Gasteiger partial charge on any atom is -0.402 e. The van der Waals surface area contributed by atoms with Crippen molar-refractivity contribution < 1.29 is 9.53 Å². The quantitative estimate of drug-likeness (QED) is 0.600. The summed E-state index contributed by atoms with van der Waals surface area (Å²) in [5, 5.41) is 3.29. The highest BCUT2D eigenvalue weighted by molar-refractivity contribution is 6.29. The lowest BCUT2D eigenvalue weighted by Crippen LogP contribution is -2.40. The van der Waals surface area contributed by atoms with Crippen molar-refractivity contribution in [2.75, 3.05) is 33.4 Å². The van der Waals surface area contributed by atoms with Crippen LogP contribution in [0.25, 0.3) is 0 Å². The van der Waals surface area contributed by atoms with Gasteiger partial charge in [-0.3, -0.25) is 9.69 Å². The van der Waals surface area contributed by atoms with Crippen LogP contribution in [0.2, 0.25) is 5.15 Å². The first kappa shape index (κ1) is 16.7. The molecule has 0 aliphatic carbocycles. The van der Waals surface area contributed by atoms with Gasteiger partial charge in [0.05, 0.1) is 6.61 Å². The Hall–Kier alpha value is -1.63. The Bertz CT molecular complexity index is 545. The molecule has 120 valence electrons. The number of carbonyl (C=O) groups excluding carboxylic acids is 1.